The largest absolute Gasteiger partial charge is 0.545 e. The topological polar surface area (TPSA) is 111 Å². The zero-order chi connectivity index (χ0) is 35.0. The number of allylic oxidation sites excluding steroid dienone is 2. The molecule has 0 aliphatic heterocycles. The van der Waals surface area contributed by atoms with Crippen LogP contribution < -0.4 is 5.11 Å². The van der Waals surface area contributed by atoms with Gasteiger partial charge in [-0.2, -0.15) is 0 Å². The van der Waals surface area contributed by atoms with E-state index in [-0.39, 0.29) is 32.2 Å². The molecule has 2 atom stereocenters. The lowest BCUT2D eigenvalue weighted by Crippen LogP contribution is -2.44. The molecule has 0 saturated heterocycles. The summed E-state index contributed by atoms with van der Waals surface area (Å²) < 4.78 is 22.3. The summed E-state index contributed by atoms with van der Waals surface area (Å²) in [5, 5.41) is 11.6. The second-order valence-corrected chi connectivity index (χ2v) is 13.9. The average Bonchev–Trinajstić information content (AvgIpc) is 3.02. The molecule has 2 unspecified atom stereocenters. The highest BCUT2D eigenvalue weighted by Crippen LogP contribution is 2.12. The molecule has 0 aliphatic carbocycles. The summed E-state index contributed by atoms with van der Waals surface area (Å²) in [5.41, 5.74) is 0. The third kappa shape index (κ3) is 32.4. The first-order valence-electron chi connectivity index (χ1n) is 18.8. The van der Waals surface area contributed by atoms with Gasteiger partial charge in [0.1, 0.15) is 13.2 Å². The SMILES string of the molecule is CCCCCCCC/C=C\CCCCCCCC(=O)OC(COC(=O)CCCCCCCCC)COC(OCC[N+](C)(C)C)C(=O)[O-]. The van der Waals surface area contributed by atoms with Gasteiger partial charge in [0.25, 0.3) is 0 Å². The Labute approximate surface area is 287 Å². The van der Waals surface area contributed by atoms with E-state index in [1.54, 1.807) is 0 Å². The first kappa shape index (κ1) is 45.0. The summed E-state index contributed by atoms with van der Waals surface area (Å²) in [7, 11) is 5.89. The number of hydrogen-bond acceptors (Lipinski definition) is 8. The van der Waals surface area contributed by atoms with E-state index in [0.717, 1.165) is 51.4 Å². The molecule has 0 fully saturated rings. The fraction of sp³-hybridized carbons (Fsp3) is 0.868. The van der Waals surface area contributed by atoms with E-state index in [9.17, 15) is 19.5 Å². The first-order chi connectivity index (χ1) is 22.6. The average molecular weight is 670 g/mol. The number of esters is 2. The summed E-state index contributed by atoms with van der Waals surface area (Å²) in [6, 6.07) is 0. The Morgan fingerprint density at radius 3 is 1.57 bits per heavy atom. The van der Waals surface area contributed by atoms with Crippen LogP contribution in [0.25, 0.3) is 0 Å². The van der Waals surface area contributed by atoms with E-state index < -0.39 is 24.3 Å². The Morgan fingerprint density at radius 1 is 0.617 bits per heavy atom. The van der Waals surface area contributed by atoms with E-state index in [4.69, 9.17) is 18.9 Å². The number of carbonyl (C=O) groups excluding carboxylic acids is 3. The number of quaternary nitrogens is 1. The quantitative estimate of drug-likeness (QED) is 0.0229. The van der Waals surface area contributed by atoms with Crippen molar-refractivity contribution in [3.05, 3.63) is 12.2 Å². The molecule has 0 N–H and O–H groups in total. The molecule has 0 aliphatic rings. The van der Waals surface area contributed by atoms with Gasteiger partial charge in [-0.15, -0.1) is 0 Å². The summed E-state index contributed by atoms with van der Waals surface area (Å²) in [6.07, 6.45) is 25.4. The van der Waals surface area contributed by atoms with Gasteiger partial charge in [-0.3, -0.25) is 9.59 Å². The smallest absolute Gasteiger partial charge is 0.306 e. The lowest BCUT2D eigenvalue weighted by atomic mass is 10.1. The van der Waals surface area contributed by atoms with Crippen molar-refractivity contribution < 1.29 is 42.9 Å². The predicted octanol–water partition coefficient (Wildman–Crippen LogP) is 7.44. The number of carbonyl (C=O) groups is 3. The minimum Gasteiger partial charge on any atom is -0.545 e. The Bertz CT molecular complexity index is 795. The van der Waals surface area contributed by atoms with Crippen molar-refractivity contribution in [1.82, 2.24) is 0 Å². The fourth-order valence-corrected chi connectivity index (χ4v) is 5.00. The van der Waals surface area contributed by atoms with Gasteiger partial charge in [0, 0.05) is 12.8 Å². The van der Waals surface area contributed by atoms with Crippen LogP contribution in [0.1, 0.15) is 155 Å². The monoisotopic (exact) mass is 670 g/mol. The van der Waals surface area contributed by atoms with Gasteiger partial charge in [0.05, 0.1) is 40.3 Å². The maximum absolute atomic E-state index is 12.6. The Morgan fingerprint density at radius 2 is 1.09 bits per heavy atom. The molecule has 47 heavy (non-hydrogen) atoms. The summed E-state index contributed by atoms with van der Waals surface area (Å²) in [4.78, 5) is 36.6. The van der Waals surface area contributed by atoms with Crippen LogP contribution in [0.5, 0.6) is 0 Å². The second kappa shape index (κ2) is 31.3. The molecule has 0 aromatic carbocycles. The number of nitrogens with zero attached hydrogens (tertiary/aromatic N) is 1. The number of ether oxygens (including phenoxy) is 4. The molecule has 0 bridgehead atoms. The van der Waals surface area contributed by atoms with E-state index in [2.05, 4.69) is 26.0 Å². The van der Waals surface area contributed by atoms with Gasteiger partial charge in [0.15, 0.2) is 12.4 Å². The van der Waals surface area contributed by atoms with Crippen molar-refractivity contribution in [3.8, 4) is 0 Å². The number of aliphatic carboxylic acids is 1. The van der Waals surface area contributed by atoms with Crippen molar-refractivity contribution >= 4 is 17.9 Å². The summed E-state index contributed by atoms with van der Waals surface area (Å²) in [6.45, 7) is 4.66. The molecule has 9 nitrogen and oxygen atoms in total. The summed E-state index contributed by atoms with van der Waals surface area (Å²) >= 11 is 0. The standard InChI is InChI=1S/C38H71NO8/c1-6-8-10-12-14-15-16-17-18-19-20-21-23-25-27-29-36(41)47-34(32-45-35(40)28-26-24-22-13-11-9-7-2)33-46-38(37(42)43)44-31-30-39(3,4)5/h17-18,34,38H,6-16,19-33H2,1-5H3/b18-17-. The minimum atomic E-state index is -1.61. The van der Waals surface area contributed by atoms with Gasteiger partial charge in [-0.1, -0.05) is 116 Å². The number of carboxylic acid groups (broad SMARTS) is 1. The zero-order valence-corrected chi connectivity index (χ0v) is 30.9. The van der Waals surface area contributed by atoms with E-state index in [1.807, 2.05) is 21.1 Å². The van der Waals surface area contributed by atoms with Crippen LogP contribution in [0, 0.1) is 0 Å². The molecule has 0 aromatic rings. The molecule has 0 amide bonds. The number of carboxylic acids is 1. The van der Waals surface area contributed by atoms with Crippen molar-refractivity contribution in [3.63, 3.8) is 0 Å². The normalized spacial score (nSPS) is 13.1. The Kier molecular flexibility index (Phi) is 30.0. The van der Waals surface area contributed by atoms with Crippen LogP contribution in [-0.4, -0.2) is 82.3 Å². The Hall–Kier alpha value is -1.97. The molecule has 0 rings (SSSR count). The van der Waals surface area contributed by atoms with Crippen LogP contribution in [0.4, 0.5) is 0 Å². The van der Waals surface area contributed by atoms with Crippen LogP contribution in [0.2, 0.25) is 0 Å². The van der Waals surface area contributed by atoms with Crippen molar-refractivity contribution in [2.75, 3.05) is 47.5 Å². The van der Waals surface area contributed by atoms with Crippen molar-refractivity contribution in [2.24, 2.45) is 0 Å². The number of likely N-dealkylation sites (N-methyl/N-ethyl adjacent to an activating group) is 1. The number of unbranched alkanes of at least 4 members (excludes halogenated alkanes) is 17. The van der Waals surface area contributed by atoms with E-state index in [0.29, 0.717) is 23.9 Å². The highest BCUT2D eigenvalue weighted by atomic mass is 16.7. The van der Waals surface area contributed by atoms with Crippen molar-refractivity contribution in [1.29, 1.82) is 0 Å². The molecule has 276 valence electrons. The van der Waals surface area contributed by atoms with Gasteiger partial charge < -0.3 is 33.3 Å². The first-order valence-corrected chi connectivity index (χ1v) is 18.8. The molecule has 9 heteroatoms. The lowest BCUT2D eigenvalue weighted by molar-refractivity contribution is -0.870. The van der Waals surface area contributed by atoms with Crippen LogP contribution in [0.15, 0.2) is 12.2 Å². The highest BCUT2D eigenvalue weighted by Gasteiger charge is 2.21. The predicted molar refractivity (Wildman–Crippen MR) is 186 cm³/mol. The number of hydrogen-bond donors (Lipinski definition) is 0. The van der Waals surface area contributed by atoms with Crippen molar-refractivity contribution in [2.45, 2.75) is 167 Å². The molecule has 0 saturated carbocycles. The highest BCUT2D eigenvalue weighted by molar-refractivity contribution is 5.70. The van der Waals surface area contributed by atoms with E-state index >= 15 is 0 Å². The molecular formula is C38H71NO8. The van der Waals surface area contributed by atoms with Gasteiger partial charge in [0.2, 0.25) is 0 Å². The molecule has 0 heterocycles. The fourth-order valence-electron chi connectivity index (χ4n) is 5.00. The summed E-state index contributed by atoms with van der Waals surface area (Å²) in [5.74, 6) is -2.30. The third-order valence-electron chi connectivity index (χ3n) is 8.01. The van der Waals surface area contributed by atoms with Gasteiger partial charge in [-0.05, 0) is 38.5 Å². The van der Waals surface area contributed by atoms with Gasteiger partial charge in [-0.25, -0.2) is 0 Å². The third-order valence-corrected chi connectivity index (χ3v) is 8.01. The molecular weight excluding hydrogens is 598 g/mol. The van der Waals surface area contributed by atoms with Gasteiger partial charge >= 0.3 is 11.9 Å². The number of rotatable bonds is 34. The molecule has 0 radical (unpaired) electrons. The maximum atomic E-state index is 12.6. The van der Waals surface area contributed by atoms with E-state index in [1.165, 1.54) is 70.6 Å². The molecule has 0 spiro atoms. The lowest BCUT2D eigenvalue weighted by Gasteiger charge is -2.26. The second-order valence-electron chi connectivity index (χ2n) is 13.9. The zero-order valence-electron chi connectivity index (χ0n) is 30.9. The van der Waals surface area contributed by atoms with Crippen LogP contribution >= 0.6 is 0 Å². The Balaban J connectivity index is 4.50. The van der Waals surface area contributed by atoms with Crippen LogP contribution in [-0.2, 0) is 33.3 Å². The van der Waals surface area contributed by atoms with Crippen LogP contribution in [0.3, 0.4) is 0 Å². The molecule has 0 aromatic heterocycles. The maximum Gasteiger partial charge on any atom is 0.306 e. The minimum absolute atomic E-state index is 0.148.